The van der Waals surface area contributed by atoms with Gasteiger partial charge in [0.25, 0.3) is 5.91 Å². The minimum atomic E-state index is -0.209. The van der Waals surface area contributed by atoms with Crippen LogP contribution in [0, 0.1) is 6.92 Å². The molecule has 1 fully saturated rings. The number of amides is 1. The molecule has 4 rings (SSSR count). The molecule has 1 aliphatic rings. The van der Waals surface area contributed by atoms with Crippen molar-refractivity contribution >= 4 is 46.6 Å². The van der Waals surface area contributed by atoms with Gasteiger partial charge in [-0.05, 0) is 44.4 Å². The lowest BCUT2D eigenvalue weighted by atomic mass is 9.95. The zero-order valence-corrected chi connectivity index (χ0v) is 21.6. The highest BCUT2D eigenvalue weighted by atomic mass is 35.5. The van der Waals surface area contributed by atoms with Gasteiger partial charge in [0, 0.05) is 11.6 Å². The van der Waals surface area contributed by atoms with Crippen molar-refractivity contribution < 1.29 is 4.79 Å². The maximum Gasteiger partial charge on any atom is 0.250 e. The number of carbonyl (C=O) groups excluding carboxylic acids is 1. The molecule has 6 nitrogen and oxygen atoms in total. The van der Waals surface area contributed by atoms with E-state index in [9.17, 15) is 4.79 Å². The lowest BCUT2D eigenvalue weighted by Gasteiger charge is -2.25. The Kier molecular flexibility index (Phi) is 8.29. The molecular weight excluding hydrogens is 489 g/mol. The summed E-state index contributed by atoms with van der Waals surface area (Å²) in [7, 11) is 0. The molecule has 178 valence electrons. The molecule has 34 heavy (non-hydrogen) atoms. The molecule has 1 N–H and O–H groups in total. The molecule has 0 atom stereocenters. The van der Waals surface area contributed by atoms with Crippen LogP contribution in [0.5, 0.6) is 0 Å². The van der Waals surface area contributed by atoms with Gasteiger partial charge in [0.05, 0.1) is 21.5 Å². The predicted molar refractivity (Wildman–Crippen MR) is 140 cm³/mol. The Morgan fingerprint density at radius 1 is 1.09 bits per heavy atom. The van der Waals surface area contributed by atoms with Crippen molar-refractivity contribution in [1.82, 2.24) is 20.2 Å². The first-order valence-electron chi connectivity index (χ1n) is 11.4. The van der Waals surface area contributed by atoms with Crippen LogP contribution >= 0.6 is 35.0 Å². The van der Waals surface area contributed by atoms with E-state index in [1.165, 1.54) is 36.6 Å². The van der Waals surface area contributed by atoms with E-state index in [1.807, 2.05) is 6.07 Å². The Hall–Kier alpha value is -2.35. The normalized spacial score (nSPS) is 14.9. The molecule has 9 heteroatoms. The summed E-state index contributed by atoms with van der Waals surface area (Å²) in [5.74, 6) is 0.847. The number of halogens is 2. The van der Waals surface area contributed by atoms with E-state index in [4.69, 9.17) is 23.2 Å². The summed E-state index contributed by atoms with van der Waals surface area (Å²) in [4.78, 5) is 12.5. The van der Waals surface area contributed by atoms with Gasteiger partial charge >= 0.3 is 0 Å². The third-order valence-electron chi connectivity index (χ3n) is 5.93. The van der Waals surface area contributed by atoms with Gasteiger partial charge in [-0.3, -0.25) is 9.36 Å². The second kappa shape index (κ2) is 11.4. The Morgan fingerprint density at radius 2 is 1.82 bits per heavy atom. The molecule has 0 bridgehead atoms. The Bertz CT molecular complexity index is 1190. The monoisotopic (exact) mass is 515 g/mol. The minimum absolute atomic E-state index is 0.191. The highest BCUT2D eigenvalue weighted by molar-refractivity contribution is 7.99. The average Bonchev–Trinajstić information content (AvgIpc) is 3.28. The van der Waals surface area contributed by atoms with Crippen molar-refractivity contribution in [1.29, 1.82) is 0 Å². The highest BCUT2D eigenvalue weighted by Crippen LogP contribution is 2.35. The van der Waals surface area contributed by atoms with Crippen molar-refractivity contribution in [3.05, 3.63) is 63.6 Å². The van der Waals surface area contributed by atoms with Gasteiger partial charge in [0.1, 0.15) is 0 Å². The summed E-state index contributed by atoms with van der Waals surface area (Å²) in [5, 5.41) is 14.9. The predicted octanol–water partition coefficient (Wildman–Crippen LogP) is 6.70. The molecule has 1 heterocycles. The largest absolute Gasteiger partial charge is 0.299 e. The molecule has 1 saturated carbocycles. The van der Waals surface area contributed by atoms with Crippen LogP contribution in [-0.4, -0.2) is 32.1 Å². The van der Waals surface area contributed by atoms with Gasteiger partial charge < -0.3 is 0 Å². The first-order valence-corrected chi connectivity index (χ1v) is 13.1. The second-order valence-corrected chi connectivity index (χ2v) is 10.2. The summed E-state index contributed by atoms with van der Waals surface area (Å²) in [6, 6.07) is 13.9. The average molecular weight is 516 g/mol. The van der Waals surface area contributed by atoms with Crippen LogP contribution < -0.4 is 5.43 Å². The molecule has 1 aromatic heterocycles. The van der Waals surface area contributed by atoms with Crippen LogP contribution in [0.3, 0.4) is 0 Å². The van der Waals surface area contributed by atoms with E-state index in [2.05, 4.69) is 56.5 Å². The van der Waals surface area contributed by atoms with Gasteiger partial charge in [-0.1, -0.05) is 90.1 Å². The molecule has 0 unspecified atom stereocenters. The summed E-state index contributed by atoms with van der Waals surface area (Å²) < 4.78 is 2.23. The van der Waals surface area contributed by atoms with Gasteiger partial charge in [0.15, 0.2) is 11.0 Å². The van der Waals surface area contributed by atoms with E-state index < -0.39 is 0 Å². The molecule has 0 saturated heterocycles. The van der Waals surface area contributed by atoms with Crippen LogP contribution in [0.15, 0.2) is 52.7 Å². The van der Waals surface area contributed by atoms with Crippen LogP contribution in [0.4, 0.5) is 0 Å². The minimum Gasteiger partial charge on any atom is -0.299 e. The van der Waals surface area contributed by atoms with Crippen molar-refractivity contribution in [2.75, 3.05) is 5.75 Å². The van der Waals surface area contributed by atoms with Gasteiger partial charge in [-0.15, -0.1) is 10.2 Å². The number of hydrazone groups is 1. The van der Waals surface area contributed by atoms with Crippen molar-refractivity contribution in [2.24, 2.45) is 5.10 Å². The van der Waals surface area contributed by atoms with Crippen molar-refractivity contribution in [2.45, 2.75) is 57.1 Å². The first-order chi connectivity index (χ1) is 16.4. The maximum absolute atomic E-state index is 12.5. The zero-order valence-electron chi connectivity index (χ0n) is 19.2. The Morgan fingerprint density at radius 3 is 2.53 bits per heavy atom. The van der Waals surface area contributed by atoms with Gasteiger partial charge in [-0.2, -0.15) is 5.10 Å². The number of aryl methyl sites for hydroxylation is 1. The number of nitrogens with one attached hydrogen (secondary N) is 1. The van der Waals surface area contributed by atoms with E-state index in [0.717, 1.165) is 34.9 Å². The molecular formula is C25H27Cl2N5OS. The van der Waals surface area contributed by atoms with Crippen LogP contribution in [0.1, 0.15) is 56.2 Å². The molecule has 3 aromatic rings. The standard InChI is InChI=1S/C25H27Cl2N5OS/c1-16-8-10-18(11-9-16)24-30-31-25(32(24)20-6-4-3-5-7-20)34-15-23(33)29-28-17(2)19-12-13-21(26)22(27)14-19/h8-14,20H,3-7,15H2,1-2H3,(H,29,33)/b28-17-. The smallest absolute Gasteiger partial charge is 0.250 e. The highest BCUT2D eigenvalue weighted by Gasteiger charge is 2.24. The number of hydrogen-bond acceptors (Lipinski definition) is 5. The topological polar surface area (TPSA) is 72.2 Å². The van der Waals surface area contributed by atoms with E-state index in [0.29, 0.717) is 21.8 Å². The number of benzene rings is 2. The van der Waals surface area contributed by atoms with E-state index >= 15 is 0 Å². The SMILES string of the molecule is C/C(=N/NC(=O)CSc1nnc(-c2ccc(C)cc2)n1C1CCCCC1)c1ccc(Cl)c(Cl)c1. The fourth-order valence-corrected chi connectivity index (χ4v) is 5.13. The molecule has 0 aliphatic heterocycles. The van der Waals surface area contributed by atoms with Gasteiger partial charge in [-0.25, -0.2) is 5.43 Å². The molecule has 1 amide bonds. The number of nitrogens with zero attached hydrogens (tertiary/aromatic N) is 4. The summed E-state index contributed by atoms with van der Waals surface area (Å²) in [5.41, 5.74) is 6.31. The molecule has 1 aliphatic carbocycles. The summed E-state index contributed by atoms with van der Waals surface area (Å²) in [6.45, 7) is 3.88. The molecule has 0 spiro atoms. The molecule has 2 aromatic carbocycles. The number of aromatic nitrogens is 3. The second-order valence-electron chi connectivity index (χ2n) is 8.48. The van der Waals surface area contributed by atoms with E-state index in [-0.39, 0.29) is 11.7 Å². The summed E-state index contributed by atoms with van der Waals surface area (Å²) >= 11 is 13.4. The molecule has 0 radical (unpaired) electrons. The van der Waals surface area contributed by atoms with Crippen molar-refractivity contribution in [3.8, 4) is 11.4 Å². The third-order valence-corrected chi connectivity index (χ3v) is 7.61. The lowest BCUT2D eigenvalue weighted by Crippen LogP contribution is -2.22. The van der Waals surface area contributed by atoms with E-state index in [1.54, 1.807) is 19.1 Å². The number of hydrogen-bond donors (Lipinski definition) is 1. The number of thioether (sulfide) groups is 1. The lowest BCUT2D eigenvalue weighted by molar-refractivity contribution is -0.118. The maximum atomic E-state index is 12.5. The van der Waals surface area contributed by atoms with Crippen LogP contribution in [-0.2, 0) is 4.79 Å². The number of carbonyl (C=O) groups is 1. The zero-order chi connectivity index (χ0) is 24.1. The fourth-order valence-electron chi connectivity index (χ4n) is 4.04. The number of rotatable bonds is 7. The third kappa shape index (κ3) is 6.01. The first kappa shape index (κ1) is 24.8. The summed E-state index contributed by atoms with van der Waals surface area (Å²) in [6.07, 6.45) is 5.86. The quantitative estimate of drug-likeness (QED) is 0.216. The Labute approximate surface area is 214 Å². The Balaban J connectivity index is 1.47. The van der Waals surface area contributed by atoms with Gasteiger partial charge in [0.2, 0.25) is 0 Å². The van der Waals surface area contributed by atoms with Crippen LogP contribution in [0.25, 0.3) is 11.4 Å². The van der Waals surface area contributed by atoms with Crippen molar-refractivity contribution in [3.63, 3.8) is 0 Å². The van der Waals surface area contributed by atoms with Crippen LogP contribution in [0.2, 0.25) is 10.0 Å². The fraction of sp³-hybridized carbons (Fsp3) is 0.360.